The number of anilines is 1. The summed E-state index contributed by atoms with van der Waals surface area (Å²) in [5, 5.41) is 0. The van der Waals surface area contributed by atoms with Crippen molar-refractivity contribution in [1.29, 1.82) is 0 Å². The van der Waals surface area contributed by atoms with Gasteiger partial charge in [0, 0.05) is 11.7 Å². The van der Waals surface area contributed by atoms with E-state index < -0.39 is 10.0 Å². The quantitative estimate of drug-likeness (QED) is 0.835. The van der Waals surface area contributed by atoms with Crippen LogP contribution in [0.5, 0.6) is 0 Å². The zero-order chi connectivity index (χ0) is 14.2. The summed E-state index contributed by atoms with van der Waals surface area (Å²) in [5.74, 6) is 0.936. The lowest BCUT2D eigenvalue weighted by atomic mass is 9.98. The maximum Gasteiger partial charge on any atom is 0.241 e. The Bertz CT molecular complexity index is 569. The lowest BCUT2D eigenvalue weighted by Crippen LogP contribution is -2.37. The molecule has 1 aromatic rings. The molecule has 1 fully saturated rings. The van der Waals surface area contributed by atoms with Crippen LogP contribution >= 0.6 is 0 Å². The van der Waals surface area contributed by atoms with Crippen molar-refractivity contribution >= 4 is 15.7 Å². The van der Waals surface area contributed by atoms with Gasteiger partial charge in [0.15, 0.2) is 0 Å². The predicted octanol–water partition coefficient (Wildman–Crippen LogP) is 2.29. The highest BCUT2D eigenvalue weighted by atomic mass is 32.2. The van der Waals surface area contributed by atoms with Crippen LogP contribution in [0.25, 0.3) is 0 Å². The summed E-state index contributed by atoms with van der Waals surface area (Å²) in [4.78, 5) is 0.291. The lowest BCUT2D eigenvalue weighted by Gasteiger charge is -2.20. The van der Waals surface area contributed by atoms with E-state index in [1.807, 2.05) is 0 Å². The molecular weight excluding hydrogens is 260 g/mol. The molecule has 3 N–H and O–H groups in total. The Hall–Kier alpha value is -1.07. The third-order valence-corrected chi connectivity index (χ3v) is 5.91. The zero-order valence-electron chi connectivity index (χ0n) is 11.7. The number of rotatable bonds is 3. The number of sulfonamides is 1. The van der Waals surface area contributed by atoms with Crippen LogP contribution < -0.4 is 10.5 Å². The van der Waals surface area contributed by atoms with Crippen molar-refractivity contribution < 1.29 is 8.42 Å². The van der Waals surface area contributed by atoms with Gasteiger partial charge in [-0.25, -0.2) is 13.1 Å². The molecule has 0 spiro atoms. The van der Waals surface area contributed by atoms with E-state index in [0.717, 1.165) is 18.4 Å². The first-order valence-electron chi connectivity index (χ1n) is 6.69. The van der Waals surface area contributed by atoms with E-state index in [4.69, 9.17) is 5.73 Å². The lowest BCUT2D eigenvalue weighted by molar-refractivity contribution is 0.402. The molecule has 4 nitrogen and oxygen atoms in total. The Morgan fingerprint density at radius 2 is 1.95 bits per heavy atom. The molecule has 3 atom stereocenters. The minimum absolute atomic E-state index is 0.0285. The summed E-state index contributed by atoms with van der Waals surface area (Å²) >= 11 is 0. The average molecular weight is 282 g/mol. The molecule has 19 heavy (non-hydrogen) atoms. The van der Waals surface area contributed by atoms with Gasteiger partial charge < -0.3 is 5.73 Å². The minimum Gasteiger partial charge on any atom is -0.399 e. The van der Waals surface area contributed by atoms with Gasteiger partial charge in [-0.15, -0.1) is 0 Å². The normalized spacial score (nSPS) is 27.6. The zero-order valence-corrected chi connectivity index (χ0v) is 12.5. The van der Waals surface area contributed by atoms with Gasteiger partial charge in [-0.05, 0) is 49.3 Å². The fraction of sp³-hybridized carbons (Fsp3) is 0.571. The van der Waals surface area contributed by atoms with Crippen LogP contribution in [0.2, 0.25) is 0 Å². The van der Waals surface area contributed by atoms with Crippen LogP contribution in [0.3, 0.4) is 0 Å². The molecule has 1 aromatic carbocycles. The van der Waals surface area contributed by atoms with Gasteiger partial charge in [-0.3, -0.25) is 0 Å². The molecule has 1 aliphatic carbocycles. The molecule has 5 heteroatoms. The molecule has 0 amide bonds. The Balaban J connectivity index is 2.26. The number of benzene rings is 1. The van der Waals surface area contributed by atoms with Crippen molar-refractivity contribution in [2.45, 2.75) is 44.6 Å². The van der Waals surface area contributed by atoms with E-state index in [1.54, 1.807) is 19.1 Å². The van der Waals surface area contributed by atoms with Crippen LogP contribution in [-0.4, -0.2) is 14.5 Å². The highest BCUT2D eigenvalue weighted by Crippen LogP contribution is 2.32. The molecule has 1 saturated carbocycles. The first-order valence-corrected chi connectivity index (χ1v) is 8.18. The van der Waals surface area contributed by atoms with E-state index in [-0.39, 0.29) is 6.04 Å². The highest BCUT2D eigenvalue weighted by molar-refractivity contribution is 7.89. The number of hydrogen-bond donors (Lipinski definition) is 2. The average Bonchev–Trinajstić information content (AvgIpc) is 2.63. The van der Waals surface area contributed by atoms with Gasteiger partial charge in [0.25, 0.3) is 0 Å². The molecule has 3 unspecified atom stereocenters. The third-order valence-electron chi connectivity index (χ3n) is 4.27. The van der Waals surface area contributed by atoms with Crippen molar-refractivity contribution in [2.24, 2.45) is 11.8 Å². The van der Waals surface area contributed by atoms with Gasteiger partial charge in [0.05, 0.1) is 4.90 Å². The second-order valence-electron chi connectivity index (χ2n) is 5.67. The minimum atomic E-state index is -3.48. The molecule has 0 radical (unpaired) electrons. The van der Waals surface area contributed by atoms with Crippen LogP contribution in [0.1, 0.15) is 32.3 Å². The maximum absolute atomic E-state index is 12.4. The fourth-order valence-electron chi connectivity index (χ4n) is 2.70. The fourth-order valence-corrected chi connectivity index (χ4v) is 4.34. The van der Waals surface area contributed by atoms with E-state index in [0.29, 0.717) is 22.4 Å². The largest absolute Gasteiger partial charge is 0.399 e. The van der Waals surface area contributed by atoms with Crippen LogP contribution in [-0.2, 0) is 10.0 Å². The SMILES string of the molecule is Cc1ccc(N)cc1S(=O)(=O)NC1CCC(C)C1C. The topological polar surface area (TPSA) is 72.2 Å². The van der Waals surface area contributed by atoms with Crippen molar-refractivity contribution in [3.05, 3.63) is 23.8 Å². The number of nitrogens with one attached hydrogen (secondary N) is 1. The molecule has 0 heterocycles. The number of hydrogen-bond acceptors (Lipinski definition) is 3. The number of nitrogens with two attached hydrogens (primary N) is 1. The van der Waals surface area contributed by atoms with Crippen molar-refractivity contribution in [1.82, 2.24) is 4.72 Å². The van der Waals surface area contributed by atoms with Crippen molar-refractivity contribution in [3.63, 3.8) is 0 Å². The Kier molecular flexibility index (Phi) is 3.87. The van der Waals surface area contributed by atoms with Crippen molar-refractivity contribution in [3.8, 4) is 0 Å². The Morgan fingerprint density at radius 1 is 1.26 bits per heavy atom. The molecule has 0 aliphatic heterocycles. The molecular formula is C14H22N2O2S. The van der Waals surface area contributed by atoms with Crippen LogP contribution in [0.15, 0.2) is 23.1 Å². The summed E-state index contributed by atoms with van der Waals surface area (Å²) in [7, 11) is -3.48. The summed E-state index contributed by atoms with van der Waals surface area (Å²) < 4.78 is 27.7. The predicted molar refractivity (Wildman–Crippen MR) is 77.3 cm³/mol. The van der Waals surface area contributed by atoms with Crippen LogP contribution in [0.4, 0.5) is 5.69 Å². The maximum atomic E-state index is 12.4. The van der Waals surface area contributed by atoms with E-state index >= 15 is 0 Å². The summed E-state index contributed by atoms with van der Waals surface area (Å²) in [6, 6.07) is 5.01. The Labute approximate surface area is 115 Å². The third kappa shape index (κ3) is 2.92. The first kappa shape index (κ1) is 14.3. The highest BCUT2D eigenvalue weighted by Gasteiger charge is 2.33. The van der Waals surface area contributed by atoms with E-state index in [9.17, 15) is 8.42 Å². The number of aryl methyl sites for hydroxylation is 1. The van der Waals surface area contributed by atoms with Gasteiger partial charge in [0.1, 0.15) is 0 Å². The van der Waals surface area contributed by atoms with E-state index in [2.05, 4.69) is 18.6 Å². The summed E-state index contributed by atoms with van der Waals surface area (Å²) in [6.45, 7) is 6.07. The van der Waals surface area contributed by atoms with Gasteiger partial charge in [-0.1, -0.05) is 19.9 Å². The molecule has 0 aromatic heterocycles. The molecule has 2 rings (SSSR count). The van der Waals surface area contributed by atoms with Gasteiger partial charge in [0.2, 0.25) is 10.0 Å². The standard InChI is InChI=1S/C14H22N2O2S/c1-9-5-7-13(11(9)3)16-19(17,18)14-8-12(15)6-4-10(14)2/h4,6,8-9,11,13,16H,5,7,15H2,1-3H3. The van der Waals surface area contributed by atoms with Crippen LogP contribution in [0, 0.1) is 18.8 Å². The molecule has 106 valence electrons. The smallest absolute Gasteiger partial charge is 0.241 e. The summed E-state index contributed by atoms with van der Waals surface area (Å²) in [6.07, 6.45) is 1.98. The second-order valence-corrected chi connectivity index (χ2v) is 7.35. The molecule has 0 saturated heterocycles. The van der Waals surface area contributed by atoms with Crippen molar-refractivity contribution in [2.75, 3.05) is 5.73 Å². The monoisotopic (exact) mass is 282 g/mol. The first-order chi connectivity index (χ1) is 8.81. The van der Waals surface area contributed by atoms with Gasteiger partial charge >= 0.3 is 0 Å². The number of nitrogen functional groups attached to an aromatic ring is 1. The van der Waals surface area contributed by atoms with Gasteiger partial charge in [-0.2, -0.15) is 0 Å². The summed E-state index contributed by atoms with van der Waals surface area (Å²) in [5.41, 5.74) is 6.88. The molecule has 1 aliphatic rings. The van der Waals surface area contributed by atoms with E-state index in [1.165, 1.54) is 6.07 Å². The second kappa shape index (κ2) is 5.13. The molecule has 0 bridgehead atoms. The Morgan fingerprint density at radius 3 is 2.53 bits per heavy atom.